The number of rotatable bonds is 5. The summed E-state index contributed by atoms with van der Waals surface area (Å²) in [6, 6.07) is 12.3. The Bertz CT molecular complexity index is 736. The molecule has 2 aromatic rings. The predicted octanol–water partition coefficient (Wildman–Crippen LogP) is 4.57. The van der Waals surface area contributed by atoms with Gasteiger partial charge in [-0.05, 0) is 59.1 Å². The lowest BCUT2D eigenvalue weighted by Crippen LogP contribution is -2.37. The molecule has 1 heterocycles. The minimum atomic E-state index is -0.113. The third kappa shape index (κ3) is 3.94. The van der Waals surface area contributed by atoms with Gasteiger partial charge in [0, 0.05) is 24.2 Å². The van der Waals surface area contributed by atoms with Gasteiger partial charge in [0.2, 0.25) is 0 Å². The van der Waals surface area contributed by atoms with Gasteiger partial charge < -0.3 is 4.90 Å². The molecule has 1 aliphatic carbocycles. The number of aromatic nitrogens is 2. The summed E-state index contributed by atoms with van der Waals surface area (Å²) in [5.74, 6) is 0.582. The standard InChI is InChI=1S/C21H29N3O/c1-15(2)23(14-16-9-7-6-8-10-16)20(25)18-13-19(17-11-12-17)24(22-18)21(3,4)5/h6-10,13,15,17H,11-12,14H2,1-5H3. The Morgan fingerprint density at radius 3 is 2.40 bits per heavy atom. The molecule has 1 saturated carbocycles. The maximum Gasteiger partial charge on any atom is 0.274 e. The molecule has 0 N–H and O–H groups in total. The molecule has 4 nitrogen and oxygen atoms in total. The van der Waals surface area contributed by atoms with E-state index >= 15 is 0 Å². The molecular formula is C21H29N3O. The number of nitrogens with zero attached hydrogens (tertiary/aromatic N) is 3. The van der Waals surface area contributed by atoms with Gasteiger partial charge in [-0.25, -0.2) is 0 Å². The van der Waals surface area contributed by atoms with E-state index in [2.05, 4.69) is 51.4 Å². The van der Waals surface area contributed by atoms with Gasteiger partial charge in [-0.1, -0.05) is 30.3 Å². The summed E-state index contributed by atoms with van der Waals surface area (Å²) in [6.45, 7) is 11.2. The smallest absolute Gasteiger partial charge is 0.274 e. The molecule has 1 aromatic carbocycles. The highest BCUT2D eigenvalue weighted by atomic mass is 16.2. The minimum absolute atomic E-state index is 0.0174. The molecule has 0 unspecified atom stereocenters. The zero-order valence-electron chi connectivity index (χ0n) is 16.0. The van der Waals surface area contributed by atoms with Crippen molar-refractivity contribution in [1.82, 2.24) is 14.7 Å². The molecule has 0 saturated heterocycles. The second-order valence-corrected chi connectivity index (χ2v) is 8.32. The lowest BCUT2D eigenvalue weighted by atomic mass is 10.1. The van der Waals surface area contributed by atoms with Crippen LogP contribution in [0.25, 0.3) is 0 Å². The van der Waals surface area contributed by atoms with Crippen molar-refractivity contribution in [2.75, 3.05) is 0 Å². The molecule has 3 rings (SSSR count). The molecule has 25 heavy (non-hydrogen) atoms. The maximum atomic E-state index is 13.2. The highest BCUT2D eigenvalue weighted by Crippen LogP contribution is 2.41. The number of carbonyl (C=O) groups is 1. The lowest BCUT2D eigenvalue weighted by molar-refractivity contribution is 0.0682. The number of hydrogen-bond acceptors (Lipinski definition) is 2. The average molecular weight is 339 g/mol. The van der Waals surface area contributed by atoms with E-state index in [9.17, 15) is 4.79 Å². The van der Waals surface area contributed by atoms with Crippen LogP contribution in [0.4, 0.5) is 0 Å². The van der Waals surface area contributed by atoms with Crippen molar-refractivity contribution in [2.24, 2.45) is 0 Å². The van der Waals surface area contributed by atoms with Crippen LogP contribution in [0.15, 0.2) is 36.4 Å². The Kier molecular flexibility index (Phi) is 4.72. The number of hydrogen-bond donors (Lipinski definition) is 0. The second kappa shape index (κ2) is 6.66. The largest absolute Gasteiger partial charge is 0.331 e. The summed E-state index contributed by atoms with van der Waals surface area (Å²) in [5, 5.41) is 4.71. The summed E-state index contributed by atoms with van der Waals surface area (Å²) >= 11 is 0. The molecule has 0 atom stereocenters. The summed E-state index contributed by atoms with van der Waals surface area (Å²) in [6.07, 6.45) is 2.40. The van der Waals surface area contributed by atoms with Crippen LogP contribution < -0.4 is 0 Å². The van der Waals surface area contributed by atoms with E-state index < -0.39 is 0 Å². The fraction of sp³-hybridized carbons (Fsp3) is 0.524. The Labute approximate surface area is 150 Å². The van der Waals surface area contributed by atoms with E-state index in [1.807, 2.05) is 29.2 Å². The number of amides is 1. The fourth-order valence-electron chi connectivity index (χ4n) is 3.12. The van der Waals surface area contributed by atoms with Crippen molar-refractivity contribution in [3.63, 3.8) is 0 Å². The minimum Gasteiger partial charge on any atom is -0.331 e. The van der Waals surface area contributed by atoms with E-state index in [-0.39, 0.29) is 17.5 Å². The van der Waals surface area contributed by atoms with Crippen molar-refractivity contribution < 1.29 is 4.79 Å². The van der Waals surface area contributed by atoms with Gasteiger partial charge in [0.15, 0.2) is 5.69 Å². The molecule has 1 aliphatic rings. The third-order valence-electron chi connectivity index (χ3n) is 4.67. The monoisotopic (exact) mass is 339 g/mol. The topological polar surface area (TPSA) is 38.1 Å². The van der Waals surface area contributed by atoms with Crippen molar-refractivity contribution in [2.45, 2.75) is 71.5 Å². The van der Waals surface area contributed by atoms with E-state index in [1.54, 1.807) is 0 Å². The van der Waals surface area contributed by atoms with Crippen LogP contribution in [0.5, 0.6) is 0 Å². The summed E-state index contributed by atoms with van der Waals surface area (Å²) in [7, 11) is 0. The normalized spacial score (nSPS) is 14.8. The Balaban J connectivity index is 1.89. The quantitative estimate of drug-likeness (QED) is 0.800. The van der Waals surface area contributed by atoms with Crippen molar-refractivity contribution in [3.05, 3.63) is 53.3 Å². The molecule has 1 amide bonds. The van der Waals surface area contributed by atoms with Gasteiger partial charge in [-0.15, -0.1) is 0 Å². The summed E-state index contributed by atoms with van der Waals surface area (Å²) in [4.78, 5) is 15.1. The van der Waals surface area contributed by atoms with Gasteiger partial charge in [-0.2, -0.15) is 5.10 Å². The molecule has 1 fully saturated rings. The molecule has 0 bridgehead atoms. The van der Waals surface area contributed by atoms with E-state index in [4.69, 9.17) is 5.10 Å². The first kappa shape index (κ1) is 17.7. The van der Waals surface area contributed by atoms with Gasteiger partial charge in [0.05, 0.1) is 5.54 Å². The predicted molar refractivity (Wildman–Crippen MR) is 101 cm³/mol. The van der Waals surface area contributed by atoms with Crippen molar-refractivity contribution in [1.29, 1.82) is 0 Å². The zero-order chi connectivity index (χ0) is 18.2. The molecular weight excluding hydrogens is 310 g/mol. The maximum absolute atomic E-state index is 13.2. The van der Waals surface area contributed by atoms with Crippen LogP contribution in [-0.2, 0) is 12.1 Å². The Morgan fingerprint density at radius 2 is 1.88 bits per heavy atom. The number of carbonyl (C=O) groups excluding carboxylic acids is 1. The van der Waals surface area contributed by atoms with Crippen LogP contribution in [0.1, 0.15) is 75.1 Å². The van der Waals surface area contributed by atoms with Crippen molar-refractivity contribution >= 4 is 5.91 Å². The van der Waals surface area contributed by atoms with Gasteiger partial charge in [-0.3, -0.25) is 9.48 Å². The van der Waals surface area contributed by atoms with Gasteiger partial charge >= 0.3 is 0 Å². The van der Waals surface area contributed by atoms with E-state index in [1.165, 1.54) is 18.5 Å². The van der Waals surface area contributed by atoms with Crippen LogP contribution in [0.3, 0.4) is 0 Å². The van der Waals surface area contributed by atoms with E-state index in [0.717, 1.165) is 5.56 Å². The molecule has 4 heteroatoms. The molecule has 0 spiro atoms. The highest BCUT2D eigenvalue weighted by Gasteiger charge is 2.33. The first-order chi connectivity index (χ1) is 11.8. The first-order valence-electron chi connectivity index (χ1n) is 9.22. The van der Waals surface area contributed by atoms with Gasteiger partial charge in [0.1, 0.15) is 0 Å². The SMILES string of the molecule is CC(C)N(Cc1ccccc1)C(=O)c1cc(C2CC2)n(C(C)(C)C)n1. The molecule has 1 aromatic heterocycles. The van der Waals surface area contributed by atoms with Crippen LogP contribution in [-0.4, -0.2) is 26.6 Å². The van der Waals surface area contributed by atoms with Gasteiger partial charge in [0.25, 0.3) is 5.91 Å². The summed E-state index contributed by atoms with van der Waals surface area (Å²) < 4.78 is 2.05. The Morgan fingerprint density at radius 1 is 1.24 bits per heavy atom. The Hall–Kier alpha value is -2.10. The molecule has 0 radical (unpaired) electrons. The van der Waals surface area contributed by atoms with Crippen molar-refractivity contribution in [3.8, 4) is 0 Å². The third-order valence-corrected chi connectivity index (χ3v) is 4.67. The average Bonchev–Trinajstić information content (AvgIpc) is 3.29. The highest BCUT2D eigenvalue weighted by molar-refractivity contribution is 5.92. The van der Waals surface area contributed by atoms with Crippen LogP contribution >= 0.6 is 0 Å². The van der Waals surface area contributed by atoms with Crippen LogP contribution in [0.2, 0.25) is 0 Å². The fourth-order valence-corrected chi connectivity index (χ4v) is 3.12. The van der Waals surface area contributed by atoms with E-state index in [0.29, 0.717) is 18.2 Å². The lowest BCUT2D eigenvalue weighted by Gasteiger charge is -2.26. The zero-order valence-corrected chi connectivity index (χ0v) is 16.0. The molecule has 134 valence electrons. The first-order valence-corrected chi connectivity index (χ1v) is 9.22. The number of benzene rings is 1. The van der Waals surface area contributed by atoms with Crippen LogP contribution in [0, 0.1) is 0 Å². The second-order valence-electron chi connectivity index (χ2n) is 8.32. The molecule has 0 aliphatic heterocycles. The summed E-state index contributed by atoms with van der Waals surface area (Å²) in [5.41, 5.74) is 2.81.